The highest BCUT2D eigenvalue weighted by molar-refractivity contribution is 5.86. The molecule has 2 saturated heterocycles. The van der Waals surface area contributed by atoms with Crippen LogP contribution in [0.4, 0.5) is 4.39 Å². The zero-order valence-corrected chi connectivity index (χ0v) is 12.3. The van der Waals surface area contributed by atoms with E-state index in [9.17, 15) is 9.18 Å². The minimum Gasteiger partial charge on any atom is -0.375 e. The van der Waals surface area contributed by atoms with Crippen LogP contribution >= 0.6 is 0 Å². The van der Waals surface area contributed by atoms with Crippen LogP contribution in [0.25, 0.3) is 0 Å². The van der Waals surface area contributed by atoms with E-state index in [2.05, 4.69) is 11.8 Å². The van der Waals surface area contributed by atoms with Crippen molar-refractivity contribution in [1.29, 1.82) is 0 Å². The minimum absolute atomic E-state index is 0.0907. The fourth-order valence-corrected chi connectivity index (χ4v) is 3.57. The molecule has 2 heterocycles. The summed E-state index contributed by atoms with van der Waals surface area (Å²) in [5.74, 6) is 0.195. The molecule has 0 aromatic heterocycles. The number of ether oxygens (including phenoxy) is 1. The summed E-state index contributed by atoms with van der Waals surface area (Å²) in [4.78, 5) is 16.4. The maximum absolute atomic E-state index is 14.3. The predicted octanol–water partition coefficient (Wildman–Crippen LogP) is 1.45. The van der Waals surface area contributed by atoms with Crippen molar-refractivity contribution in [3.63, 3.8) is 0 Å². The highest BCUT2D eigenvalue weighted by atomic mass is 19.1. The second-order valence-corrected chi connectivity index (χ2v) is 6.42. The number of piperidine rings is 1. The van der Waals surface area contributed by atoms with Crippen LogP contribution in [0.15, 0.2) is 0 Å². The molecule has 0 aromatic carbocycles. The number of nitrogens with zero attached hydrogens (tertiary/aromatic N) is 2. The number of hydrogen-bond acceptors (Lipinski definition) is 3. The molecule has 2 aliphatic heterocycles. The Morgan fingerprint density at radius 3 is 2.80 bits per heavy atom. The summed E-state index contributed by atoms with van der Waals surface area (Å²) in [6.45, 7) is 7.21. The third kappa shape index (κ3) is 2.58. The van der Waals surface area contributed by atoms with E-state index in [-0.39, 0.29) is 12.0 Å². The second-order valence-electron chi connectivity index (χ2n) is 6.42. The Bertz CT molecular complexity index is 373. The second kappa shape index (κ2) is 5.60. The average Bonchev–Trinajstić information content (AvgIpc) is 2.64. The van der Waals surface area contributed by atoms with Crippen molar-refractivity contribution in [2.45, 2.75) is 44.4 Å². The Balaban J connectivity index is 1.62. The SMILES string of the molecule is CCN1CCO[C@@H]2CN(C(=O)C3(F)CCC3)CC[C@@H]2C1. The van der Waals surface area contributed by atoms with Crippen LogP contribution in [0.3, 0.4) is 0 Å². The number of likely N-dealkylation sites (tertiary alicyclic amines) is 1. The topological polar surface area (TPSA) is 32.8 Å². The molecule has 3 aliphatic rings. The molecule has 0 aromatic rings. The first-order chi connectivity index (χ1) is 9.62. The zero-order valence-electron chi connectivity index (χ0n) is 12.3. The number of rotatable bonds is 2. The first-order valence-corrected chi connectivity index (χ1v) is 7.94. The highest BCUT2D eigenvalue weighted by Crippen LogP contribution is 2.38. The van der Waals surface area contributed by atoms with Crippen molar-refractivity contribution >= 4 is 5.91 Å². The highest BCUT2D eigenvalue weighted by Gasteiger charge is 2.48. The Morgan fingerprint density at radius 2 is 2.15 bits per heavy atom. The van der Waals surface area contributed by atoms with Crippen LogP contribution in [0.1, 0.15) is 32.6 Å². The van der Waals surface area contributed by atoms with E-state index in [1.54, 1.807) is 4.90 Å². The van der Waals surface area contributed by atoms with E-state index in [0.29, 0.717) is 31.8 Å². The summed E-state index contributed by atoms with van der Waals surface area (Å²) in [6, 6.07) is 0. The summed E-state index contributed by atoms with van der Waals surface area (Å²) in [7, 11) is 0. The van der Waals surface area contributed by atoms with Gasteiger partial charge in [0.1, 0.15) is 0 Å². The molecule has 3 rings (SSSR count). The van der Waals surface area contributed by atoms with Gasteiger partial charge in [0.05, 0.1) is 12.7 Å². The van der Waals surface area contributed by atoms with Gasteiger partial charge in [0.2, 0.25) is 0 Å². The molecule has 4 nitrogen and oxygen atoms in total. The molecular formula is C15H25FN2O2. The van der Waals surface area contributed by atoms with Crippen molar-refractivity contribution in [2.75, 3.05) is 39.3 Å². The predicted molar refractivity (Wildman–Crippen MR) is 74.2 cm³/mol. The molecule has 1 saturated carbocycles. The van der Waals surface area contributed by atoms with Crippen LogP contribution in [0, 0.1) is 5.92 Å². The molecule has 5 heteroatoms. The van der Waals surface area contributed by atoms with E-state index < -0.39 is 5.67 Å². The first-order valence-electron chi connectivity index (χ1n) is 7.94. The number of likely N-dealkylation sites (N-methyl/N-ethyl adjacent to an activating group) is 1. The molecule has 114 valence electrons. The molecule has 0 bridgehead atoms. The minimum atomic E-state index is -1.56. The zero-order chi connectivity index (χ0) is 14.2. The summed E-state index contributed by atoms with van der Waals surface area (Å²) in [6.07, 6.45) is 2.67. The number of amides is 1. The van der Waals surface area contributed by atoms with Crippen LogP contribution in [-0.4, -0.2) is 66.8 Å². The molecule has 20 heavy (non-hydrogen) atoms. The molecule has 1 aliphatic carbocycles. The lowest BCUT2D eigenvalue weighted by Gasteiger charge is -2.42. The van der Waals surface area contributed by atoms with E-state index in [1.165, 1.54) is 0 Å². The fraction of sp³-hybridized carbons (Fsp3) is 0.933. The molecule has 2 atom stereocenters. The Hall–Kier alpha value is -0.680. The summed E-state index contributed by atoms with van der Waals surface area (Å²) in [5, 5.41) is 0. The molecule has 3 fully saturated rings. The van der Waals surface area contributed by atoms with E-state index in [1.807, 2.05) is 0 Å². The van der Waals surface area contributed by atoms with Gasteiger partial charge in [-0.3, -0.25) is 4.79 Å². The Kier molecular flexibility index (Phi) is 4.00. The van der Waals surface area contributed by atoms with Gasteiger partial charge in [-0.05, 0) is 32.2 Å². The summed E-state index contributed by atoms with van der Waals surface area (Å²) < 4.78 is 20.2. The van der Waals surface area contributed by atoms with E-state index >= 15 is 0 Å². The molecule has 1 amide bonds. The molecular weight excluding hydrogens is 259 g/mol. The van der Waals surface area contributed by atoms with Crippen LogP contribution in [0.2, 0.25) is 0 Å². The van der Waals surface area contributed by atoms with Gasteiger partial charge in [0, 0.05) is 32.1 Å². The molecule has 0 N–H and O–H groups in total. The fourth-order valence-electron chi connectivity index (χ4n) is 3.57. The van der Waals surface area contributed by atoms with Crippen molar-refractivity contribution in [3.8, 4) is 0 Å². The number of carbonyl (C=O) groups excluding carboxylic acids is 1. The number of alkyl halides is 1. The van der Waals surface area contributed by atoms with Gasteiger partial charge in [-0.15, -0.1) is 0 Å². The lowest BCUT2D eigenvalue weighted by Crippen LogP contribution is -2.56. The van der Waals surface area contributed by atoms with E-state index in [0.717, 1.165) is 39.1 Å². The normalized spacial score (nSPS) is 34.0. The first kappa shape index (κ1) is 14.3. The summed E-state index contributed by atoms with van der Waals surface area (Å²) in [5.41, 5.74) is -1.56. The average molecular weight is 284 g/mol. The van der Waals surface area contributed by atoms with Gasteiger partial charge in [0.15, 0.2) is 5.67 Å². The van der Waals surface area contributed by atoms with Crippen molar-refractivity contribution < 1.29 is 13.9 Å². The van der Waals surface area contributed by atoms with Gasteiger partial charge < -0.3 is 14.5 Å². The number of fused-ring (bicyclic) bond motifs is 1. The number of hydrogen-bond donors (Lipinski definition) is 0. The lowest BCUT2D eigenvalue weighted by atomic mass is 9.80. The quantitative estimate of drug-likeness (QED) is 0.769. The summed E-state index contributed by atoms with van der Waals surface area (Å²) >= 11 is 0. The van der Waals surface area contributed by atoms with Gasteiger partial charge >= 0.3 is 0 Å². The molecule has 0 radical (unpaired) electrons. The van der Waals surface area contributed by atoms with E-state index in [4.69, 9.17) is 4.74 Å². The molecule has 0 spiro atoms. The number of halogens is 1. The van der Waals surface area contributed by atoms with Crippen LogP contribution in [0.5, 0.6) is 0 Å². The van der Waals surface area contributed by atoms with Crippen molar-refractivity contribution in [2.24, 2.45) is 5.92 Å². The van der Waals surface area contributed by atoms with Gasteiger partial charge in [-0.25, -0.2) is 4.39 Å². The molecule has 0 unspecified atom stereocenters. The standard InChI is InChI=1S/C15H25FN2O2/c1-2-17-8-9-20-13-11-18(7-4-12(13)10-17)14(19)15(16)5-3-6-15/h12-13H,2-11H2,1H3/t12-,13-/m1/s1. The lowest BCUT2D eigenvalue weighted by molar-refractivity contribution is -0.155. The maximum Gasteiger partial charge on any atom is 0.260 e. The third-order valence-electron chi connectivity index (χ3n) is 5.19. The van der Waals surface area contributed by atoms with Crippen molar-refractivity contribution in [3.05, 3.63) is 0 Å². The van der Waals surface area contributed by atoms with Crippen molar-refractivity contribution in [1.82, 2.24) is 9.80 Å². The Morgan fingerprint density at radius 1 is 1.35 bits per heavy atom. The van der Waals surface area contributed by atoms with Gasteiger partial charge in [-0.2, -0.15) is 0 Å². The maximum atomic E-state index is 14.3. The smallest absolute Gasteiger partial charge is 0.260 e. The monoisotopic (exact) mass is 284 g/mol. The van der Waals surface area contributed by atoms with Crippen LogP contribution in [-0.2, 0) is 9.53 Å². The third-order valence-corrected chi connectivity index (χ3v) is 5.19. The number of carbonyl (C=O) groups is 1. The largest absolute Gasteiger partial charge is 0.375 e. The van der Waals surface area contributed by atoms with Crippen LogP contribution < -0.4 is 0 Å². The van der Waals surface area contributed by atoms with Gasteiger partial charge in [-0.1, -0.05) is 6.92 Å². The van der Waals surface area contributed by atoms with Gasteiger partial charge in [0.25, 0.3) is 5.91 Å². The Labute approximate surface area is 120 Å².